The van der Waals surface area contributed by atoms with E-state index in [2.05, 4.69) is 25.8 Å². The predicted molar refractivity (Wildman–Crippen MR) is 173 cm³/mol. The minimum absolute atomic E-state index is 0. The van der Waals surface area contributed by atoms with Gasteiger partial charge in [0.1, 0.15) is 20.2 Å². The molecule has 0 heterocycles. The van der Waals surface area contributed by atoms with Gasteiger partial charge in [0.25, 0.3) is 0 Å². The molecule has 0 fully saturated rings. The zero-order valence-corrected chi connectivity index (χ0v) is 31.8. The number of hydrogen-bond acceptors (Lipinski definition) is 11. The summed E-state index contributed by atoms with van der Waals surface area (Å²) in [6.45, 7) is 0. The van der Waals surface area contributed by atoms with Crippen LogP contribution in [0.5, 0.6) is 0 Å². The van der Waals surface area contributed by atoms with Gasteiger partial charge in [-0.1, -0.05) is 66.2 Å². The Kier molecular flexibility index (Phi) is 12.3. The Balaban J connectivity index is 0.00000260. The van der Waals surface area contributed by atoms with Crippen molar-refractivity contribution in [3.63, 3.8) is 0 Å². The summed E-state index contributed by atoms with van der Waals surface area (Å²) in [6.07, 6.45) is 0. The normalized spacial score (nSPS) is 11.9. The number of anilines is 2. The van der Waals surface area contributed by atoms with Crippen molar-refractivity contribution in [2.75, 3.05) is 5.32 Å². The van der Waals surface area contributed by atoms with Crippen molar-refractivity contribution in [2.45, 2.75) is 9.79 Å². The van der Waals surface area contributed by atoms with Crippen molar-refractivity contribution in [2.24, 2.45) is 20.5 Å². The smallest absolute Gasteiger partial charge is 0.744 e. The first-order valence-corrected chi connectivity index (χ1v) is 16.6. The first-order chi connectivity index (χ1) is 22.0. The molecule has 0 saturated heterocycles. The van der Waals surface area contributed by atoms with E-state index in [4.69, 9.17) is 11.6 Å². The van der Waals surface area contributed by atoms with Crippen molar-refractivity contribution in [3.8, 4) is 0 Å². The second kappa shape index (κ2) is 15.7. The molecule has 0 radical (unpaired) electrons. The SMILES string of the molecule is O=S(=O)([O-])c1cc(N=Nc2ccc(N=Nc3ccc(Nc4ccccc4)c4c(S(=O)(=O)[O-])cccc34)c3ccccc23)ccc1Cl.[Na+].[Na+]. The number of para-hydroxylation sites is 1. The molecular formula is C32H20ClN5Na2O6S2. The summed E-state index contributed by atoms with van der Waals surface area (Å²) in [4.78, 5) is -0.982. The van der Waals surface area contributed by atoms with Gasteiger partial charge in [-0.2, -0.15) is 5.11 Å². The van der Waals surface area contributed by atoms with E-state index < -0.39 is 25.1 Å². The van der Waals surface area contributed by atoms with Crippen LogP contribution in [0.15, 0.2) is 146 Å². The molecular weight excluding hydrogens is 696 g/mol. The number of rotatable bonds is 8. The Hall–Kier alpha value is -3.05. The van der Waals surface area contributed by atoms with E-state index in [9.17, 15) is 25.9 Å². The minimum atomic E-state index is -4.83. The summed E-state index contributed by atoms with van der Waals surface area (Å²) < 4.78 is 71.2. The summed E-state index contributed by atoms with van der Waals surface area (Å²) >= 11 is 5.85. The molecule has 1 N–H and O–H groups in total. The molecule has 0 aromatic heterocycles. The third kappa shape index (κ3) is 8.38. The fourth-order valence-electron chi connectivity index (χ4n) is 4.84. The summed E-state index contributed by atoms with van der Waals surface area (Å²) in [7, 11) is -9.64. The van der Waals surface area contributed by atoms with Crippen LogP contribution in [-0.4, -0.2) is 25.9 Å². The van der Waals surface area contributed by atoms with Crippen LogP contribution in [-0.2, 0) is 20.2 Å². The van der Waals surface area contributed by atoms with Gasteiger partial charge in [-0.05, 0) is 60.7 Å². The Morgan fingerprint density at radius 3 is 1.67 bits per heavy atom. The Morgan fingerprint density at radius 2 is 1.06 bits per heavy atom. The molecule has 6 aromatic rings. The maximum absolute atomic E-state index is 12.2. The molecule has 48 heavy (non-hydrogen) atoms. The number of nitrogens with zero attached hydrogens (tertiary/aromatic N) is 4. The van der Waals surface area contributed by atoms with Gasteiger partial charge in [-0.25, -0.2) is 16.8 Å². The summed E-state index contributed by atoms with van der Waals surface area (Å²) in [5, 5.41) is 22.1. The van der Waals surface area contributed by atoms with Gasteiger partial charge in [-0.3, -0.25) is 0 Å². The van der Waals surface area contributed by atoms with E-state index in [1.807, 2.05) is 30.3 Å². The standard InChI is InChI=1S/C32H22ClN5O6S2.2Na/c33-25-14-13-21(19-31(25)46(42,43)44)35-36-26-15-16-27(23-10-5-4-9-22(23)26)37-38-28-17-18-29(34-20-7-2-1-3-8-20)32-24(28)11-6-12-30(32)45(39,40)41;;/h1-19,34H,(H,39,40,41)(H,42,43,44);;/q;2*+1/p-2. The van der Waals surface area contributed by atoms with Gasteiger partial charge in [-0.15, -0.1) is 15.3 Å². The second-order valence-corrected chi connectivity index (χ2v) is 13.0. The van der Waals surface area contributed by atoms with E-state index in [0.29, 0.717) is 44.6 Å². The van der Waals surface area contributed by atoms with Crippen LogP contribution < -0.4 is 64.4 Å². The van der Waals surface area contributed by atoms with Crippen LogP contribution in [0, 0.1) is 0 Å². The zero-order valence-electron chi connectivity index (χ0n) is 25.4. The van der Waals surface area contributed by atoms with Gasteiger partial charge in [0.15, 0.2) is 0 Å². The van der Waals surface area contributed by atoms with E-state index in [1.54, 1.807) is 54.6 Å². The van der Waals surface area contributed by atoms with Crippen LogP contribution in [0.1, 0.15) is 0 Å². The average Bonchev–Trinajstić information content (AvgIpc) is 3.03. The largest absolute Gasteiger partial charge is 1.00 e. The van der Waals surface area contributed by atoms with Gasteiger partial charge >= 0.3 is 59.1 Å². The molecule has 0 bridgehead atoms. The quantitative estimate of drug-likeness (QED) is 0.143. The molecule has 0 aliphatic carbocycles. The van der Waals surface area contributed by atoms with E-state index in [1.165, 1.54) is 24.3 Å². The maximum atomic E-state index is 12.2. The summed E-state index contributed by atoms with van der Waals surface area (Å²) in [5.41, 5.74) is 2.46. The molecule has 6 rings (SSSR count). The third-order valence-electron chi connectivity index (χ3n) is 6.90. The molecule has 0 atom stereocenters. The van der Waals surface area contributed by atoms with Gasteiger partial charge in [0.05, 0.1) is 37.6 Å². The van der Waals surface area contributed by atoms with Crippen molar-refractivity contribution in [1.29, 1.82) is 0 Å². The Morgan fingerprint density at radius 1 is 0.542 bits per heavy atom. The summed E-state index contributed by atoms with van der Waals surface area (Å²) in [6, 6.07) is 31.1. The minimum Gasteiger partial charge on any atom is -0.744 e. The topological polar surface area (TPSA) is 176 Å². The van der Waals surface area contributed by atoms with Gasteiger partial charge in [0.2, 0.25) is 0 Å². The van der Waals surface area contributed by atoms with E-state index >= 15 is 0 Å². The average molecular weight is 716 g/mol. The van der Waals surface area contributed by atoms with Gasteiger partial charge < -0.3 is 14.4 Å². The number of hydrogen-bond donors (Lipinski definition) is 1. The molecule has 0 aliphatic heterocycles. The van der Waals surface area contributed by atoms with Crippen LogP contribution in [0.25, 0.3) is 21.5 Å². The molecule has 0 spiro atoms. The number of halogens is 1. The third-order valence-corrected chi connectivity index (χ3v) is 9.10. The molecule has 0 aliphatic rings. The Labute approximate surface area is 325 Å². The number of azo groups is 2. The fourth-order valence-corrected chi connectivity index (χ4v) is 6.53. The fraction of sp³-hybridized carbons (Fsp3) is 0. The van der Waals surface area contributed by atoms with Crippen molar-refractivity contribution in [1.82, 2.24) is 0 Å². The Bertz CT molecular complexity index is 2430. The second-order valence-electron chi connectivity index (χ2n) is 9.87. The molecule has 6 aromatic carbocycles. The van der Waals surface area contributed by atoms with Crippen LogP contribution >= 0.6 is 11.6 Å². The number of fused-ring (bicyclic) bond motifs is 2. The molecule has 0 unspecified atom stereocenters. The first kappa shape index (κ1) is 37.8. The van der Waals surface area contributed by atoms with Crippen LogP contribution in [0.2, 0.25) is 5.02 Å². The molecule has 0 amide bonds. The van der Waals surface area contributed by atoms with E-state index in [0.717, 1.165) is 6.07 Å². The van der Waals surface area contributed by atoms with Crippen molar-refractivity contribution < 1.29 is 85.1 Å². The molecule has 16 heteroatoms. The van der Waals surface area contributed by atoms with E-state index in [-0.39, 0.29) is 80.1 Å². The molecule has 11 nitrogen and oxygen atoms in total. The van der Waals surface area contributed by atoms with Crippen LogP contribution in [0.3, 0.4) is 0 Å². The predicted octanol–water partition coefficient (Wildman–Crippen LogP) is 3.04. The zero-order chi connectivity index (χ0) is 32.5. The maximum Gasteiger partial charge on any atom is 1.00 e. The number of nitrogens with one attached hydrogen (secondary N) is 1. The monoisotopic (exact) mass is 715 g/mol. The first-order valence-electron chi connectivity index (χ1n) is 13.4. The van der Waals surface area contributed by atoms with Crippen LogP contribution in [0.4, 0.5) is 34.1 Å². The molecule has 230 valence electrons. The number of benzene rings is 6. The van der Waals surface area contributed by atoms with Gasteiger partial charge in [0, 0.05) is 32.9 Å². The summed E-state index contributed by atoms with van der Waals surface area (Å²) in [5.74, 6) is 0. The molecule has 0 saturated carbocycles. The van der Waals surface area contributed by atoms with Crippen molar-refractivity contribution >= 4 is 87.5 Å². The van der Waals surface area contributed by atoms with Crippen molar-refractivity contribution in [3.05, 3.63) is 120 Å².